The zero-order chi connectivity index (χ0) is 17.8. The lowest BCUT2D eigenvalue weighted by atomic mass is 10.1. The summed E-state index contributed by atoms with van der Waals surface area (Å²) in [5.41, 5.74) is 2.54. The highest BCUT2D eigenvalue weighted by Crippen LogP contribution is 2.17. The molecule has 0 fully saturated rings. The number of benzene rings is 1. The van der Waals surface area contributed by atoms with Crippen molar-refractivity contribution in [3.8, 4) is 0 Å². The number of fused-ring (bicyclic) bond motifs is 1. The smallest absolute Gasteiger partial charge is 0.267 e. The SMILES string of the molecule is C[C@H](Cn1nc2c(cc1=O)CCCCC2)NC(=O)c1ccc(Cl)cc1. The summed E-state index contributed by atoms with van der Waals surface area (Å²) in [7, 11) is 0. The first-order valence-corrected chi connectivity index (χ1v) is 9.07. The van der Waals surface area contributed by atoms with E-state index < -0.39 is 0 Å². The summed E-state index contributed by atoms with van der Waals surface area (Å²) in [6.45, 7) is 2.22. The first-order valence-electron chi connectivity index (χ1n) is 8.69. The van der Waals surface area contributed by atoms with Crippen LogP contribution in [0.3, 0.4) is 0 Å². The standard InChI is InChI=1S/C19H22ClN3O2/c1-13(21-19(25)14-7-9-16(20)10-8-14)12-23-18(24)11-15-5-3-2-4-6-17(15)22-23/h7-11,13H,2-6,12H2,1H3,(H,21,25)/t13-/m1/s1. The van der Waals surface area contributed by atoms with Crippen LogP contribution in [0.1, 0.15) is 47.8 Å². The van der Waals surface area contributed by atoms with E-state index in [9.17, 15) is 9.59 Å². The number of carbonyl (C=O) groups excluding carboxylic acids is 1. The number of rotatable bonds is 4. The molecule has 1 aromatic carbocycles. The summed E-state index contributed by atoms with van der Waals surface area (Å²) in [6, 6.07) is 8.21. The minimum Gasteiger partial charge on any atom is -0.348 e. The van der Waals surface area contributed by atoms with Gasteiger partial charge in [-0.25, -0.2) is 4.68 Å². The summed E-state index contributed by atoms with van der Waals surface area (Å²) < 4.78 is 1.47. The molecule has 2 aromatic rings. The van der Waals surface area contributed by atoms with Crippen molar-refractivity contribution in [2.45, 2.75) is 51.6 Å². The van der Waals surface area contributed by atoms with Gasteiger partial charge in [-0.1, -0.05) is 18.0 Å². The first kappa shape index (κ1) is 17.7. The Labute approximate surface area is 152 Å². The van der Waals surface area contributed by atoms with Crippen LogP contribution in [-0.2, 0) is 19.4 Å². The summed E-state index contributed by atoms with van der Waals surface area (Å²) in [5, 5.41) is 8.03. The van der Waals surface area contributed by atoms with E-state index in [1.54, 1.807) is 30.3 Å². The molecule has 0 aliphatic heterocycles. The van der Waals surface area contributed by atoms with Crippen LogP contribution in [0.4, 0.5) is 0 Å². The molecule has 1 aliphatic carbocycles. The summed E-state index contributed by atoms with van der Waals surface area (Å²) in [4.78, 5) is 24.6. The van der Waals surface area contributed by atoms with E-state index in [2.05, 4.69) is 10.4 Å². The maximum Gasteiger partial charge on any atom is 0.267 e. The minimum absolute atomic E-state index is 0.103. The van der Waals surface area contributed by atoms with Gasteiger partial charge in [-0.05, 0) is 62.4 Å². The molecule has 0 spiro atoms. The van der Waals surface area contributed by atoms with Gasteiger partial charge >= 0.3 is 0 Å². The van der Waals surface area contributed by atoms with Gasteiger partial charge in [0.25, 0.3) is 11.5 Å². The molecule has 5 nitrogen and oxygen atoms in total. The molecule has 6 heteroatoms. The third-order valence-electron chi connectivity index (χ3n) is 4.45. The lowest BCUT2D eigenvalue weighted by molar-refractivity contribution is 0.0935. The fraction of sp³-hybridized carbons (Fsp3) is 0.421. The van der Waals surface area contributed by atoms with Crippen molar-refractivity contribution in [2.75, 3.05) is 0 Å². The normalized spacial score (nSPS) is 15.1. The van der Waals surface area contributed by atoms with E-state index in [0.717, 1.165) is 36.9 Å². The number of nitrogens with zero attached hydrogens (tertiary/aromatic N) is 2. The van der Waals surface area contributed by atoms with Crippen molar-refractivity contribution in [2.24, 2.45) is 0 Å². The molecular weight excluding hydrogens is 338 g/mol. The van der Waals surface area contributed by atoms with Crippen molar-refractivity contribution >= 4 is 17.5 Å². The van der Waals surface area contributed by atoms with Gasteiger partial charge in [0.05, 0.1) is 12.2 Å². The Morgan fingerprint density at radius 3 is 2.72 bits per heavy atom. The fourth-order valence-electron chi connectivity index (χ4n) is 3.12. The van der Waals surface area contributed by atoms with Gasteiger partial charge in [0, 0.05) is 22.7 Å². The second-order valence-electron chi connectivity index (χ2n) is 6.58. The molecular formula is C19H22ClN3O2. The lowest BCUT2D eigenvalue weighted by Crippen LogP contribution is -2.39. The quantitative estimate of drug-likeness (QED) is 0.853. The van der Waals surface area contributed by atoms with Crippen LogP contribution in [0.25, 0.3) is 0 Å². The number of halogens is 1. The number of hydrogen-bond acceptors (Lipinski definition) is 3. The second-order valence-corrected chi connectivity index (χ2v) is 7.02. The number of hydrogen-bond donors (Lipinski definition) is 1. The van der Waals surface area contributed by atoms with Gasteiger partial charge in [-0.3, -0.25) is 9.59 Å². The molecule has 0 saturated heterocycles. The molecule has 0 saturated carbocycles. The van der Waals surface area contributed by atoms with E-state index in [1.807, 2.05) is 6.92 Å². The largest absolute Gasteiger partial charge is 0.348 e. The predicted octanol–water partition coefficient (Wildman–Crippen LogP) is 2.98. The average Bonchev–Trinajstić information content (AvgIpc) is 2.80. The Bertz CT molecular complexity index is 814. The monoisotopic (exact) mass is 359 g/mol. The highest BCUT2D eigenvalue weighted by Gasteiger charge is 2.15. The molecule has 1 amide bonds. The van der Waals surface area contributed by atoms with Crippen LogP contribution in [0, 0.1) is 0 Å². The van der Waals surface area contributed by atoms with E-state index in [-0.39, 0.29) is 17.5 Å². The molecule has 1 atom stereocenters. The number of amides is 1. The third kappa shape index (κ3) is 4.48. The van der Waals surface area contributed by atoms with Gasteiger partial charge in [0.15, 0.2) is 0 Å². The van der Waals surface area contributed by atoms with Gasteiger partial charge < -0.3 is 5.32 Å². The van der Waals surface area contributed by atoms with E-state index in [4.69, 9.17) is 11.6 Å². The highest BCUT2D eigenvalue weighted by atomic mass is 35.5. The molecule has 1 N–H and O–H groups in total. The van der Waals surface area contributed by atoms with Crippen LogP contribution in [0.5, 0.6) is 0 Å². The van der Waals surface area contributed by atoms with Crippen LogP contribution < -0.4 is 10.9 Å². The Hall–Kier alpha value is -2.14. The zero-order valence-corrected chi connectivity index (χ0v) is 15.1. The molecule has 0 bridgehead atoms. The van der Waals surface area contributed by atoms with Crippen LogP contribution in [0.2, 0.25) is 5.02 Å². The molecule has 0 unspecified atom stereocenters. The maximum atomic E-state index is 12.3. The Morgan fingerprint density at radius 2 is 1.96 bits per heavy atom. The Morgan fingerprint density at radius 1 is 1.24 bits per heavy atom. The van der Waals surface area contributed by atoms with Crippen molar-refractivity contribution < 1.29 is 4.79 Å². The van der Waals surface area contributed by atoms with Crippen molar-refractivity contribution in [1.82, 2.24) is 15.1 Å². The van der Waals surface area contributed by atoms with Crippen molar-refractivity contribution in [3.63, 3.8) is 0 Å². The molecule has 0 radical (unpaired) electrons. The molecule has 1 aliphatic rings. The topological polar surface area (TPSA) is 64.0 Å². The van der Waals surface area contributed by atoms with Crippen LogP contribution >= 0.6 is 11.6 Å². The van der Waals surface area contributed by atoms with Gasteiger partial charge in [-0.2, -0.15) is 5.10 Å². The van der Waals surface area contributed by atoms with Crippen LogP contribution in [0.15, 0.2) is 35.1 Å². The molecule has 1 aromatic heterocycles. The van der Waals surface area contributed by atoms with Gasteiger partial charge in [0.2, 0.25) is 0 Å². The predicted molar refractivity (Wildman–Crippen MR) is 98.1 cm³/mol. The molecule has 1 heterocycles. The lowest BCUT2D eigenvalue weighted by Gasteiger charge is -2.16. The Balaban J connectivity index is 1.69. The second kappa shape index (κ2) is 7.83. The van der Waals surface area contributed by atoms with E-state index in [1.165, 1.54) is 11.1 Å². The van der Waals surface area contributed by atoms with Gasteiger partial charge in [0.1, 0.15) is 0 Å². The summed E-state index contributed by atoms with van der Waals surface area (Å²) >= 11 is 5.84. The van der Waals surface area contributed by atoms with Crippen molar-refractivity contribution in [1.29, 1.82) is 0 Å². The minimum atomic E-state index is -0.211. The number of carbonyl (C=O) groups is 1. The van der Waals surface area contributed by atoms with E-state index >= 15 is 0 Å². The Kier molecular flexibility index (Phi) is 5.53. The summed E-state index contributed by atoms with van der Waals surface area (Å²) in [6.07, 6.45) is 5.26. The zero-order valence-electron chi connectivity index (χ0n) is 14.3. The number of aryl methyl sites for hydroxylation is 2. The average molecular weight is 360 g/mol. The third-order valence-corrected chi connectivity index (χ3v) is 4.71. The number of nitrogens with one attached hydrogen (secondary N) is 1. The maximum absolute atomic E-state index is 12.3. The molecule has 132 valence electrons. The van der Waals surface area contributed by atoms with E-state index in [0.29, 0.717) is 17.1 Å². The summed E-state index contributed by atoms with van der Waals surface area (Å²) in [5.74, 6) is -0.188. The van der Waals surface area contributed by atoms with Crippen LogP contribution in [-0.4, -0.2) is 21.7 Å². The van der Waals surface area contributed by atoms with Crippen molar-refractivity contribution in [3.05, 3.63) is 62.5 Å². The molecule has 3 rings (SSSR count). The van der Waals surface area contributed by atoms with Gasteiger partial charge in [-0.15, -0.1) is 0 Å². The highest BCUT2D eigenvalue weighted by molar-refractivity contribution is 6.30. The number of aromatic nitrogens is 2. The molecule has 25 heavy (non-hydrogen) atoms. The fourth-order valence-corrected chi connectivity index (χ4v) is 3.25. The first-order chi connectivity index (χ1) is 12.0.